The predicted molar refractivity (Wildman–Crippen MR) is 40.2 cm³/mol. The second kappa shape index (κ2) is 2.70. The van der Waals surface area contributed by atoms with Crippen LogP contribution >= 0.6 is 0 Å². The molecule has 0 aromatic rings. The van der Waals surface area contributed by atoms with Crippen molar-refractivity contribution in [3.63, 3.8) is 0 Å². The highest BCUT2D eigenvalue weighted by molar-refractivity contribution is 4.81. The van der Waals surface area contributed by atoms with Crippen LogP contribution in [0.2, 0.25) is 0 Å². The Morgan fingerprint density at radius 2 is 2.00 bits per heavy atom. The highest BCUT2D eigenvalue weighted by atomic mass is 14.7. The van der Waals surface area contributed by atoms with Crippen LogP contribution in [0.4, 0.5) is 0 Å². The fourth-order valence-corrected chi connectivity index (χ4v) is 1.85. The van der Waals surface area contributed by atoms with E-state index in [1.807, 2.05) is 0 Å². The van der Waals surface area contributed by atoms with Crippen molar-refractivity contribution in [2.75, 3.05) is 0 Å². The summed E-state index contributed by atoms with van der Waals surface area (Å²) in [6, 6.07) is 0.505. The average Bonchev–Trinajstić information content (AvgIpc) is 2.13. The third-order valence-corrected chi connectivity index (χ3v) is 2.48. The van der Waals surface area contributed by atoms with Crippen molar-refractivity contribution in [2.24, 2.45) is 17.6 Å². The summed E-state index contributed by atoms with van der Waals surface area (Å²) in [5.74, 6) is 1.60. The Balaban J connectivity index is 2.40. The summed E-state index contributed by atoms with van der Waals surface area (Å²) in [7, 11) is 0. The molecule has 0 bridgehead atoms. The van der Waals surface area contributed by atoms with Gasteiger partial charge in [0.15, 0.2) is 0 Å². The Morgan fingerprint density at radius 3 is 2.22 bits per heavy atom. The molecule has 1 unspecified atom stereocenters. The van der Waals surface area contributed by atoms with Gasteiger partial charge in [-0.2, -0.15) is 0 Å². The molecule has 54 valence electrons. The van der Waals surface area contributed by atoms with Crippen LogP contribution in [0.1, 0.15) is 33.1 Å². The molecule has 0 heterocycles. The van der Waals surface area contributed by atoms with E-state index < -0.39 is 0 Å². The van der Waals surface area contributed by atoms with Gasteiger partial charge in [-0.15, -0.1) is 0 Å². The standard InChI is InChI=1S/C8H17N/c1-6(2)7-4-3-5-8(7)9/h6-8H,3-5,9H2,1-2H3/t7?,8-/m1/s1. The van der Waals surface area contributed by atoms with E-state index >= 15 is 0 Å². The first-order chi connectivity index (χ1) is 4.22. The minimum Gasteiger partial charge on any atom is -0.327 e. The Bertz CT molecular complexity index is 88.6. The van der Waals surface area contributed by atoms with E-state index in [1.165, 1.54) is 19.3 Å². The molecule has 1 aliphatic rings. The van der Waals surface area contributed by atoms with Crippen LogP contribution in [-0.2, 0) is 0 Å². The summed E-state index contributed by atoms with van der Waals surface area (Å²) in [5, 5.41) is 0. The number of nitrogens with two attached hydrogens (primary N) is 1. The fraction of sp³-hybridized carbons (Fsp3) is 1.00. The van der Waals surface area contributed by atoms with Crippen molar-refractivity contribution in [1.82, 2.24) is 0 Å². The van der Waals surface area contributed by atoms with Gasteiger partial charge in [-0.25, -0.2) is 0 Å². The minimum atomic E-state index is 0.505. The monoisotopic (exact) mass is 127 g/mol. The summed E-state index contributed by atoms with van der Waals surface area (Å²) in [4.78, 5) is 0. The Labute approximate surface area is 57.6 Å². The molecule has 0 radical (unpaired) electrons. The van der Waals surface area contributed by atoms with Crippen molar-refractivity contribution >= 4 is 0 Å². The molecule has 1 heteroatoms. The van der Waals surface area contributed by atoms with E-state index in [0.29, 0.717) is 6.04 Å². The number of hydrogen-bond acceptors (Lipinski definition) is 1. The Kier molecular flexibility index (Phi) is 2.12. The summed E-state index contributed by atoms with van der Waals surface area (Å²) in [5.41, 5.74) is 5.88. The van der Waals surface area contributed by atoms with Gasteiger partial charge in [-0.3, -0.25) is 0 Å². The third kappa shape index (κ3) is 1.45. The molecule has 1 rings (SSSR count). The quantitative estimate of drug-likeness (QED) is 0.570. The zero-order chi connectivity index (χ0) is 6.85. The zero-order valence-corrected chi connectivity index (χ0v) is 6.43. The van der Waals surface area contributed by atoms with Gasteiger partial charge in [0.1, 0.15) is 0 Å². The van der Waals surface area contributed by atoms with Gasteiger partial charge in [0.2, 0.25) is 0 Å². The van der Waals surface area contributed by atoms with E-state index in [0.717, 1.165) is 11.8 Å². The maximum absolute atomic E-state index is 5.88. The molecule has 1 nitrogen and oxygen atoms in total. The largest absolute Gasteiger partial charge is 0.327 e. The van der Waals surface area contributed by atoms with Crippen LogP contribution in [0.15, 0.2) is 0 Å². The molecular formula is C8H17N. The van der Waals surface area contributed by atoms with Crippen LogP contribution in [0.25, 0.3) is 0 Å². The molecule has 0 amide bonds. The molecule has 1 aliphatic carbocycles. The molecule has 0 aromatic heterocycles. The SMILES string of the molecule is CC(C)C1CCC[C@H]1N. The van der Waals surface area contributed by atoms with Crippen LogP contribution < -0.4 is 5.73 Å². The van der Waals surface area contributed by atoms with Crippen LogP contribution in [0, 0.1) is 11.8 Å². The highest BCUT2D eigenvalue weighted by Crippen LogP contribution is 2.29. The van der Waals surface area contributed by atoms with Gasteiger partial charge >= 0.3 is 0 Å². The van der Waals surface area contributed by atoms with Gasteiger partial charge < -0.3 is 5.73 Å². The van der Waals surface area contributed by atoms with Gasteiger partial charge in [0, 0.05) is 6.04 Å². The zero-order valence-electron chi connectivity index (χ0n) is 6.43. The average molecular weight is 127 g/mol. The number of hydrogen-bond donors (Lipinski definition) is 1. The van der Waals surface area contributed by atoms with Gasteiger partial charge in [-0.1, -0.05) is 20.3 Å². The first-order valence-electron chi connectivity index (χ1n) is 3.97. The summed E-state index contributed by atoms with van der Waals surface area (Å²) < 4.78 is 0. The van der Waals surface area contributed by atoms with Crippen molar-refractivity contribution in [2.45, 2.75) is 39.2 Å². The second-order valence-corrected chi connectivity index (χ2v) is 3.50. The smallest absolute Gasteiger partial charge is 0.00696 e. The van der Waals surface area contributed by atoms with E-state index in [9.17, 15) is 0 Å². The summed E-state index contributed by atoms with van der Waals surface area (Å²) in [6.07, 6.45) is 3.96. The topological polar surface area (TPSA) is 26.0 Å². The van der Waals surface area contributed by atoms with E-state index in [4.69, 9.17) is 5.73 Å². The maximum Gasteiger partial charge on any atom is 0.00696 e. The maximum atomic E-state index is 5.88. The van der Waals surface area contributed by atoms with Crippen molar-refractivity contribution in [1.29, 1.82) is 0 Å². The normalized spacial score (nSPS) is 36.0. The molecule has 2 atom stereocenters. The van der Waals surface area contributed by atoms with Gasteiger partial charge in [0.25, 0.3) is 0 Å². The minimum absolute atomic E-state index is 0.505. The van der Waals surface area contributed by atoms with E-state index in [1.54, 1.807) is 0 Å². The molecule has 1 fully saturated rings. The molecule has 0 saturated heterocycles. The molecule has 1 saturated carbocycles. The van der Waals surface area contributed by atoms with Crippen LogP contribution in [-0.4, -0.2) is 6.04 Å². The van der Waals surface area contributed by atoms with E-state index in [-0.39, 0.29) is 0 Å². The Morgan fingerprint density at radius 1 is 1.33 bits per heavy atom. The lowest BCUT2D eigenvalue weighted by molar-refractivity contribution is 0.357. The third-order valence-electron chi connectivity index (χ3n) is 2.48. The first-order valence-corrected chi connectivity index (χ1v) is 3.97. The van der Waals surface area contributed by atoms with Crippen molar-refractivity contribution in [3.8, 4) is 0 Å². The summed E-state index contributed by atoms with van der Waals surface area (Å²) in [6.45, 7) is 4.55. The molecule has 0 spiro atoms. The molecular weight excluding hydrogens is 110 g/mol. The van der Waals surface area contributed by atoms with Gasteiger partial charge in [-0.05, 0) is 24.7 Å². The molecule has 2 N–H and O–H groups in total. The fourth-order valence-electron chi connectivity index (χ4n) is 1.85. The summed E-state index contributed by atoms with van der Waals surface area (Å²) >= 11 is 0. The van der Waals surface area contributed by atoms with Crippen LogP contribution in [0.3, 0.4) is 0 Å². The van der Waals surface area contributed by atoms with Crippen LogP contribution in [0.5, 0.6) is 0 Å². The second-order valence-electron chi connectivity index (χ2n) is 3.50. The number of rotatable bonds is 1. The first kappa shape index (κ1) is 7.07. The lowest BCUT2D eigenvalue weighted by Crippen LogP contribution is -2.27. The molecule has 0 aliphatic heterocycles. The molecule has 0 aromatic carbocycles. The van der Waals surface area contributed by atoms with Gasteiger partial charge in [0.05, 0.1) is 0 Å². The lowest BCUT2D eigenvalue weighted by Gasteiger charge is -2.18. The lowest BCUT2D eigenvalue weighted by atomic mass is 9.92. The van der Waals surface area contributed by atoms with E-state index in [2.05, 4.69) is 13.8 Å². The Hall–Kier alpha value is -0.0400. The van der Waals surface area contributed by atoms with Crippen molar-refractivity contribution in [3.05, 3.63) is 0 Å². The molecule has 9 heavy (non-hydrogen) atoms. The van der Waals surface area contributed by atoms with Crippen molar-refractivity contribution < 1.29 is 0 Å². The predicted octanol–water partition coefficient (Wildman–Crippen LogP) is 1.77. The highest BCUT2D eigenvalue weighted by Gasteiger charge is 2.25.